The summed E-state index contributed by atoms with van der Waals surface area (Å²) < 4.78 is 37.8. The van der Waals surface area contributed by atoms with Crippen molar-refractivity contribution in [2.75, 3.05) is 6.61 Å². The van der Waals surface area contributed by atoms with Gasteiger partial charge in [0.15, 0.2) is 0 Å². The number of rotatable bonds is 4. The van der Waals surface area contributed by atoms with E-state index in [2.05, 4.69) is 5.10 Å². The highest BCUT2D eigenvalue weighted by atomic mass is 19.4. The number of carboxylic acid groups (broad SMARTS) is 1. The van der Waals surface area contributed by atoms with E-state index in [1.165, 1.54) is 17.1 Å². The van der Waals surface area contributed by atoms with Crippen LogP contribution in [0.4, 0.5) is 13.2 Å². The normalized spacial score (nSPS) is 10.2. The Morgan fingerprint density at radius 3 is 2.45 bits per heavy atom. The maximum absolute atomic E-state index is 11.1. The lowest BCUT2D eigenvalue weighted by Gasteiger charge is -1.96. The van der Waals surface area contributed by atoms with Crippen LogP contribution < -0.4 is 0 Å². The molecule has 1 rings (SSSR count). The molecule has 1 heterocycles. The molecular weight excluding hydrogens is 285 g/mol. The predicted molar refractivity (Wildman–Crippen MR) is 57.9 cm³/mol. The molecule has 20 heavy (non-hydrogen) atoms. The van der Waals surface area contributed by atoms with E-state index in [-0.39, 0.29) is 6.54 Å². The number of hydrogen-bond acceptors (Lipinski definition) is 5. The largest absolute Gasteiger partial charge is 0.490 e. The molecule has 7 nitrogen and oxygen atoms in total. The van der Waals surface area contributed by atoms with Gasteiger partial charge in [-0.15, -0.1) is 0 Å². The van der Waals surface area contributed by atoms with Gasteiger partial charge >= 0.3 is 18.1 Å². The number of carbonyl (C=O) groups is 3. The Kier molecular flexibility index (Phi) is 6.97. The third-order valence-corrected chi connectivity index (χ3v) is 1.65. The van der Waals surface area contributed by atoms with Gasteiger partial charge in [-0.25, -0.2) is 9.59 Å². The summed E-state index contributed by atoms with van der Waals surface area (Å²) in [6.45, 7) is 2.21. The molecule has 0 aliphatic carbocycles. The van der Waals surface area contributed by atoms with Crippen molar-refractivity contribution < 1.29 is 37.4 Å². The van der Waals surface area contributed by atoms with Crippen LogP contribution in [0.1, 0.15) is 17.3 Å². The number of aromatic nitrogens is 2. The molecule has 1 N–H and O–H groups in total. The molecule has 0 spiro atoms. The molecule has 10 heteroatoms. The van der Waals surface area contributed by atoms with E-state index >= 15 is 0 Å². The fourth-order valence-corrected chi connectivity index (χ4v) is 0.860. The summed E-state index contributed by atoms with van der Waals surface area (Å²) in [5, 5.41) is 10.9. The number of carboxylic acids is 1. The van der Waals surface area contributed by atoms with Crippen LogP contribution in [0.15, 0.2) is 12.4 Å². The molecular formula is C10H11F3N2O5. The quantitative estimate of drug-likeness (QED) is 0.654. The highest BCUT2D eigenvalue weighted by Gasteiger charge is 2.38. The number of aliphatic carboxylic acids is 1. The van der Waals surface area contributed by atoms with Gasteiger partial charge in [0, 0.05) is 6.20 Å². The predicted octanol–water partition coefficient (Wildman–Crippen LogP) is 0.892. The monoisotopic (exact) mass is 296 g/mol. The summed E-state index contributed by atoms with van der Waals surface area (Å²) in [5.41, 5.74) is 0.365. The first-order valence-electron chi connectivity index (χ1n) is 5.15. The summed E-state index contributed by atoms with van der Waals surface area (Å²) in [6.07, 6.45) is -1.52. The van der Waals surface area contributed by atoms with Crippen LogP contribution in [0.5, 0.6) is 0 Å². The number of alkyl halides is 3. The van der Waals surface area contributed by atoms with Crippen molar-refractivity contribution >= 4 is 18.2 Å². The first kappa shape index (κ1) is 17.6. The number of halogens is 3. The first-order valence-corrected chi connectivity index (χ1v) is 5.15. The number of aldehydes is 1. The summed E-state index contributed by atoms with van der Waals surface area (Å²) in [4.78, 5) is 30.1. The average molecular weight is 296 g/mol. The van der Waals surface area contributed by atoms with Crippen molar-refractivity contribution in [1.29, 1.82) is 0 Å². The minimum Gasteiger partial charge on any atom is -0.475 e. The fraction of sp³-hybridized carbons (Fsp3) is 0.400. The van der Waals surface area contributed by atoms with E-state index in [4.69, 9.17) is 14.6 Å². The van der Waals surface area contributed by atoms with Crippen molar-refractivity contribution in [1.82, 2.24) is 9.78 Å². The smallest absolute Gasteiger partial charge is 0.475 e. The Hall–Kier alpha value is -2.39. The van der Waals surface area contributed by atoms with Crippen molar-refractivity contribution in [3.05, 3.63) is 18.0 Å². The minimum atomic E-state index is -5.08. The molecule has 1 aromatic heterocycles. The van der Waals surface area contributed by atoms with Gasteiger partial charge in [0.1, 0.15) is 6.29 Å². The molecule has 0 aliphatic rings. The van der Waals surface area contributed by atoms with Crippen LogP contribution in [0.3, 0.4) is 0 Å². The average Bonchev–Trinajstić information content (AvgIpc) is 2.78. The Morgan fingerprint density at radius 1 is 1.50 bits per heavy atom. The summed E-state index contributed by atoms with van der Waals surface area (Å²) >= 11 is 0. The number of esters is 1. The first-order chi connectivity index (χ1) is 9.22. The Balaban J connectivity index is 0.000000441. The number of hydrogen-bond donors (Lipinski definition) is 1. The van der Waals surface area contributed by atoms with Crippen molar-refractivity contribution in [3.63, 3.8) is 0 Å². The molecule has 0 aliphatic heterocycles. The Bertz CT molecular complexity index is 470. The van der Waals surface area contributed by atoms with Gasteiger partial charge in [0.2, 0.25) is 0 Å². The molecule has 0 fully saturated rings. The molecule has 0 amide bonds. The Morgan fingerprint density at radius 2 is 2.05 bits per heavy atom. The lowest BCUT2D eigenvalue weighted by atomic mass is 10.4. The molecule has 0 saturated heterocycles. The van der Waals surface area contributed by atoms with Crippen LogP contribution in [-0.2, 0) is 20.9 Å². The Labute approximate surface area is 110 Å². The van der Waals surface area contributed by atoms with Crippen molar-refractivity contribution in [3.8, 4) is 0 Å². The maximum atomic E-state index is 11.1. The second-order valence-corrected chi connectivity index (χ2v) is 3.14. The summed E-state index contributed by atoms with van der Waals surface area (Å²) in [6, 6.07) is 0. The van der Waals surface area contributed by atoms with Crippen LogP contribution in [0.25, 0.3) is 0 Å². The molecule has 0 aromatic carbocycles. The van der Waals surface area contributed by atoms with Gasteiger partial charge in [-0.1, -0.05) is 0 Å². The second kappa shape index (κ2) is 7.92. The number of ether oxygens (including phenoxy) is 1. The molecule has 0 atom stereocenters. The molecule has 1 aromatic rings. The standard InChI is InChI=1S/C8H10N2O3.C2HF3O2/c1-2-13-8(12)7-5-9-10(6-7)3-4-11;3-2(4,5)1(6)7/h4-6H,2-3H2,1H3;(H,6,7). The minimum absolute atomic E-state index is 0.152. The molecule has 0 saturated carbocycles. The van der Waals surface area contributed by atoms with E-state index < -0.39 is 18.1 Å². The van der Waals surface area contributed by atoms with Crippen LogP contribution in [-0.4, -0.2) is 45.9 Å². The zero-order valence-electron chi connectivity index (χ0n) is 10.3. The van der Waals surface area contributed by atoms with Crippen LogP contribution in [0, 0.1) is 0 Å². The zero-order chi connectivity index (χ0) is 15.8. The van der Waals surface area contributed by atoms with E-state index in [0.29, 0.717) is 18.5 Å². The van der Waals surface area contributed by atoms with Crippen LogP contribution >= 0.6 is 0 Å². The van der Waals surface area contributed by atoms with Gasteiger partial charge in [-0.2, -0.15) is 18.3 Å². The van der Waals surface area contributed by atoms with Crippen molar-refractivity contribution in [2.24, 2.45) is 0 Å². The van der Waals surface area contributed by atoms with Gasteiger partial charge < -0.3 is 14.6 Å². The van der Waals surface area contributed by atoms with E-state index in [0.717, 1.165) is 0 Å². The highest BCUT2D eigenvalue weighted by molar-refractivity contribution is 5.88. The maximum Gasteiger partial charge on any atom is 0.490 e. The lowest BCUT2D eigenvalue weighted by molar-refractivity contribution is -0.192. The number of nitrogens with zero attached hydrogens (tertiary/aromatic N) is 2. The van der Waals surface area contributed by atoms with Crippen LogP contribution in [0.2, 0.25) is 0 Å². The third-order valence-electron chi connectivity index (χ3n) is 1.65. The number of carbonyl (C=O) groups excluding carboxylic acids is 2. The summed E-state index contributed by atoms with van der Waals surface area (Å²) in [7, 11) is 0. The van der Waals surface area contributed by atoms with E-state index in [9.17, 15) is 22.8 Å². The van der Waals surface area contributed by atoms with E-state index in [1.54, 1.807) is 6.92 Å². The fourth-order valence-electron chi connectivity index (χ4n) is 0.860. The third kappa shape index (κ3) is 6.52. The highest BCUT2D eigenvalue weighted by Crippen LogP contribution is 2.13. The lowest BCUT2D eigenvalue weighted by Crippen LogP contribution is -2.21. The summed E-state index contributed by atoms with van der Waals surface area (Å²) in [5.74, 6) is -3.17. The molecule has 0 unspecified atom stereocenters. The van der Waals surface area contributed by atoms with Gasteiger partial charge in [-0.3, -0.25) is 4.68 Å². The van der Waals surface area contributed by atoms with Crippen molar-refractivity contribution in [2.45, 2.75) is 19.6 Å². The molecule has 0 radical (unpaired) electrons. The topological polar surface area (TPSA) is 98.5 Å². The SMILES string of the molecule is CCOC(=O)c1cnn(CC=O)c1.O=C(O)C(F)(F)F. The van der Waals surface area contributed by atoms with Gasteiger partial charge in [0.25, 0.3) is 0 Å². The van der Waals surface area contributed by atoms with E-state index in [1.807, 2.05) is 0 Å². The second-order valence-electron chi connectivity index (χ2n) is 3.14. The molecule has 112 valence electrons. The zero-order valence-corrected chi connectivity index (χ0v) is 10.3. The van der Waals surface area contributed by atoms with Gasteiger partial charge in [-0.05, 0) is 6.92 Å². The van der Waals surface area contributed by atoms with Gasteiger partial charge in [0.05, 0.1) is 24.9 Å². The molecule has 0 bridgehead atoms.